The van der Waals surface area contributed by atoms with Crippen LogP contribution in [-0.2, 0) is 5.60 Å². The number of aliphatic hydroxyl groups is 1. The molecule has 6 nitrogen and oxygen atoms in total. The zero-order chi connectivity index (χ0) is 19.2. The molecule has 1 saturated heterocycles. The van der Waals surface area contributed by atoms with Gasteiger partial charge in [-0.1, -0.05) is 6.92 Å². The molecule has 3 N–H and O–H groups in total. The first-order chi connectivity index (χ1) is 12.3. The van der Waals surface area contributed by atoms with Crippen molar-refractivity contribution in [3.63, 3.8) is 0 Å². The van der Waals surface area contributed by atoms with E-state index in [1.165, 1.54) is 25.9 Å². The van der Waals surface area contributed by atoms with Crippen LogP contribution in [0.25, 0.3) is 0 Å². The fraction of sp³-hybridized carbons (Fsp3) is 0.750. The van der Waals surface area contributed by atoms with Gasteiger partial charge < -0.3 is 20.2 Å². The standard InChI is InChI=1S/C20H36N4O2.HI/c1-6-21-19(22-12-16(3)24-11-7-8-15(2)13-24)23-14-20(5,25)18-10-9-17(4)26-18;/h9-10,15-16,25H,6-8,11-14H2,1-5H3,(H2,21,22,23);1H. The van der Waals surface area contributed by atoms with E-state index in [1.807, 2.05) is 26.0 Å². The molecule has 0 aliphatic carbocycles. The van der Waals surface area contributed by atoms with Crippen molar-refractivity contribution >= 4 is 29.9 Å². The van der Waals surface area contributed by atoms with Crippen molar-refractivity contribution in [2.75, 3.05) is 32.7 Å². The Balaban J connectivity index is 0.00000364. The monoisotopic (exact) mass is 492 g/mol. The van der Waals surface area contributed by atoms with E-state index >= 15 is 0 Å². The average Bonchev–Trinajstić information content (AvgIpc) is 3.04. The van der Waals surface area contributed by atoms with Crippen molar-refractivity contribution < 1.29 is 9.52 Å². The molecule has 3 unspecified atom stereocenters. The first-order valence-corrected chi connectivity index (χ1v) is 9.87. The van der Waals surface area contributed by atoms with Crippen LogP contribution in [0.2, 0.25) is 0 Å². The molecule has 1 fully saturated rings. The van der Waals surface area contributed by atoms with E-state index in [2.05, 4.69) is 34.4 Å². The average molecular weight is 492 g/mol. The highest BCUT2D eigenvalue weighted by Gasteiger charge is 2.27. The van der Waals surface area contributed by atoms with Crippen molar-refractivity contribution in [2.45, 2.75) is 59.1 Å². The molecule has 0 radical (unpaired) electrons. The molecule has 0 spiro atoms. The highest BCUT2D eigenvalue weighted by atomic mass is 127. The quantitative estimate of drug-likeness (QED) is 0.310. The molecular formula is C20H37IN4O2. The number of hydrogen-bond donors (Lipinski definition) is 3. The largest absolute Gasteiger partial charge is 0.463 e. The van der Waals surface area contributed by atoms with Crippen molar-refractivity contribution in [3.05, 3.63) is 23.7 Å². The number of rotatable bonds is 7. The summed E-state index contributed by atoms with van der Waals surface area (Å²) >= 11 is 0. The Bertz CT molecular complexity index is 588. The highest BCUT2D eigenvalue weighted by Crippen LogP contribution is 2.23. The van der Waals surface area contributed by atoms with Crippen LogP contribution in [0.1, 0.15) is 52.1 Å². The Morgan fingerprint density at radius 3 is 2.78 bits per heavy atom. The minimum Gasteiger partial charge on any atom is -0.463 e. The summed E-state index contributed by atoms with van der Waals surface area (Å²) < 4.78 is 5.56. The van der Waals surface area contributed by atoms with Crippen molar-refractivity contribution in [2.24, 2.45) is 10.9 Å². The lowest BCUT2D eigenvalue weighted by molar-refractivity contribution is 0.0428. The van der Waals surface area contributed by atoms with Gasteiger partial charge in [0.25, 0.3) is 0 Å². The number of hydrogen-bond acceptors (Lipinski definition) is 4. The second kappa shape index (κ2) is 11.3. The molecule has 1 aromatic rings. The Hall–Kier alpha value is -0.800. The van der Waals surface area contributed by atoms with Crippen LogP contribution >= 0.6 is 24.0 Å². The lowest BCUT2D eigenvalue weighted by atomic mass is 9.99. The minimum atomic E-state index is -1.12. The van der Waals surface area contributed by atoms with Crippen LogP contribution in [0.4, 0.5) is 0 Å². The summed E-state index contributed by atoms with van der Waals surface area (Å²) in [4.78, 5) is 7.12. The van der Waals surface area contributed by atoms with Gasteiger partial charge in [0.15, 0.2) is 5.96 Å². The first kappa shape index (κ1) is 24.2. The van der Waals surface area contributed by atoms with E-state index in [0.29, 0.717) is 11.8 Å². The van der Waals surface area contributed by atoms with E-state index in [0.717, 1.165) is 30.7 Å². The van der Waals surface area contributed by atoms with Gasteiger partial charge in [-0.2, -0.15) is 0 Å². The Morgan fingerprint density at radius 1 is 1.44 bits per heavy atom. The Labute approximate surface area is 181 Å². The van der Waals surface area contributed by atoms with E-state index < -0.39 is 5.60 Å². The normalized spacial score (nSPS) is 21.9. The number of nitrogens with zero attached hydrogens (tertiary/aromatic N) is 2. The number of guanidine groups is 1. The van der Waals surface area contributed by atoms with Crippen LogP contribution < -0.4 is 10.6 Å². The molecule has 2 heterocycles. The van der Waals surface area contributed by atoms with Gasteiger partial charge in [0.2, 0.25) is 0 Å². The first-order valence-electron chi connectivity index (χ1n) is 9.87. The van der Waals surface area contributed by atoms with Gasteiger partial charge in [-0.05, 0) is 65.1 Å². The summed E-state index contributed by atoms with van der Waals surface area (Å²) in [6.45, 7) is 14.4. The van der Waals surface area contributed by atoms with Gasteiger partial charge in [-0.25, -0.2) is 4.99 Å². The van der Waals surface area contributed by atoms with E-state index in [4.69, 9.17) is 4.42 Å². The van der Waals surface area contributed by atoms with Crippen LogP contribution in [0.5, 0.6) is 0 Å². The molecule has 1 aliphatic heterocycles. The molecule has 156 valence electrons. The number of aliphatic imine (C=N–C) groups is 1. The van der Waals surface area contributed by atoms with Crippen LogP contribution in [0, 0.1) is 12.8 Å². The van der Waals surface area contributed by atoms with Gasteiger partial charge in [0.1, 0.15) is 17.1 Å². The van der Waals surface area contributed by atoms with Gasteiger partial charge in [-0.3, -0.25) is 4.90 Å². The summed E-state index contributed by atoms with van der Waals surface area (Å²) in [6.07, 6.45) is 2.62. The van der Waals surface area contributed by atoms with E-state index in [9.17, 15) is 5.11 Å². The van der Waals surface area contributed by atoms with Crippen molar-refractivity contribution in [1.29, 1.82) is 0 Å². The molecule has 0 bridgehead atoms. The molecule has 3 atom stereocenters. The minimum absolute atomic E-state index is 0. The summed E-state index contributed by atoms with van der Waals surface area (Å²) in [5.41, 5.74) is -1.12. The Kier molecular flexibility index (Phi) is 10.1. The zero-order valence-corrected chi connectivity index (χ0v) is 19.7. The van der Waals surface area contributed by atoms with Crippen LogP contribution in [0.15, 0.2) is 21.5 Å². The smallest absolute Gasteiger partial charge is 0.191 e. The summed E-state index contributed by atoms with van der Waals surface area (Å²) in [6, 6.07) is 4.12. The Morgan fingerprint density at radius 2 is 2.19 bits per heavy atom. The number of piperidine rings is 1. The molecule has 27 heavy (non-hydrogen) atoms. The molecule has 0 saturated carbocycles. The van der Waals surface area contributed by atoms with Gasteiger partial charge in [0.05, 0.1) is 6.54 Å². The molecule has 2 rings (SSSR count). The topological polar surface area (TPSA) is 73.0 Å². The number of aryl methyl sites for hydroxylation is 1. The lowest BCUT2D eigenvalue weighted by Gasteiger charge is -2.35. The molecule has 0 aromatic carbocycles. The maximum atomic E-state index is 10.7. The summed E-state index contributed by atoms with van der Waals surface area (Å²) in [5, 5.41) is 17.3. The number of likely N-dealkylation sites (tertiary alicyclic amines) is 1. The maximum Gasteiger partial charge on any atom is 0.191 e. The van der Waals surface area contributed by atoms with Gasteiger partial charge in [0, 0.05) is 25.7 Å². The number of halogens is 1. The summed E-state index contributed by atoms with van der Waals surface area (Å²) in [7, 11) is 0. The molecular weight excluding hydrogens is 455 g/mol. The second-order valence-electron chi connectivity index (χ2n) is 7.85. The fourth-order valence-electron chi connectivity index (χ4n) is 3.38. The van der Waals surface area contributed by atoms with Crippen molar-refractivity contribution in [3.8, 4) is 0 Å². The molecule has 0 amide bonds. The molecule has 1 aliphatic rings. The SMILES string of the molecule is CCNC(=NCC(C)(O)c1ccc(C)o1)NCC(C)N1CCCC(C)C1.I. The number of nitrogens with one attached hydrogen (secondary N) is 2. The van der Waals surface area contributed by atoms with Gasteiger partial charge >= 0.3 is 0 Å². The third kappa shape index (κ3) is 7.62. The third-order valence-corrected chi connectivity index (χ3v) is 5.04. The molecule has 1 aromatic heterocycles. The van der Waals surface area contributed by atoms with E-state index in [-0.39, 0.29) is 30.5 Å². The van der Waals surface area contributed by atoms with Crippen LogP contribution in [-0.4, -0.2) is 54.7 Å². The van der Waals surface area contributed by atoms with E-state index in [1.54, 1.807) is 6.92 Å². The lowest BCUT2D eigenvalue weighted by Crippen LogP contribution is -2.48. The highest BCUT2D eigenvalue weighted by molar-refractivity contribution is 14.0. The zero-order valence-electron chi connectivity index (χ0n) is 17.4. The van der Waals surface area contributed by atoms with Crippen LogP contribution in [0.3, 0.4) is 0 Å². The second-order valence-corrected chi connectivity index (χ2v) is 7.85. The maximum absolute atomic E-state index is 10.7. The fourth-order valence-corrected chi connectivity index (χ4v) is 3.38. The predicted molar refractivity (Wildman–Crippen MR) is 122 cm³/mol. The van der Waals surface area contributed by atoms with Gasteiger partial charge in [-0.15, -0.1) is 24.0 Å². The number of furan rings is 1. The summed E-state index contributed by atoms with van der Waals surface area (Å²) in [5.74, 6) is 2.84. The third-order valence-electron chi connectivity index (χ3n) is 5.04. The van der Waals surface area contributed by atoms with Crippen molar-refractivity contribution in [1.82, 2.24) is 15.5 Å². The molecule has 7 heteroatoms. The predicted octanol–water partition coefficient (Wildman–Crippen LogP) is 3.09.